The summed E-state index contributed by atoms with van der Waals surface area (Å²) in [5.74, 6) is 0.627. The summed E-state index contributed by atoms with van der Waals surface area (Å²) in [5.41, 5.74) is 10.6. The number of aromatic nitrogens is 1. The summed E-state index contributed by atoms with van der Waals surface area (Å²) in [6.45, 7) is 0. The zero-order valence-electron chi connectivity index (χ0n) is 30.4. The molecule has 1 aromatic heterocycles. The Labute approximate surface area is 324 Å². The Hall–Kier alpha value is -7.49. The predicted molar refractivity (Wildman–Crippen MR) is 235 cm³/mol. The fourth-order valence-corrected chi connectivity index (χ4v) is 8.41. The van der Waals surface area contributed by atoms with E-state index in [1.54, 1.807) is 0 Å². The van der Waals surface area contributed by atoms with E-state index in [0.717, 1.165) is 66.0 Å². The smallest absolute Gasteiger partial charge is 0.227 e. The molecule has 0 bridgehead atoms. The van der Waals surface area contributed by atoms with E-state index in [0.29, 0.717) is 5.89 Å². The SMILES string of the molecule is c1ccc(-c2cccc(N(c3ccc(-c4cccc5ccccc45)cc3)c3cccc4c3ccc3ccc5ccc6nc(-c7ccccc7)oc6c5c34)c2)cc1. The number of anilines is 3. The minimum Gasteiger partial charge on any atom is -0.435 e. The van der Waals surface area contributed by atoms with Crippen LogP contribution in [0.15, 0.2) is 211 Å². The fourth-order valence-electron chi connectivity index (χ4n) is 8.41. The number of hydrogen-bond donors (Lipinski definition) is 0. The molecule has 0 saturated heterocycles. The summed E-state index contributed by atoms with van der Waals surface area (Å²) < 4.78 is 6.65. The fraction of sp³-hybridized carbons (Fsp3) is 0. The first kappa shape index (κ1) is 32.0. The molecule has 11 rings (SSSR count). The molecule has 0 aliphatic carbocycles. The minimum atomic E-state index is 0.627. The molecule has 0 aliphatic heterocycles. The summed E-state index contributed by atoms with van der Waals surface area (Å²) in [6.07, 6.45) is 0. The third kappa shape index (κ3) is 5.32. The Morgan fingerprint density at radius 1 is 0.375 bits per heavy atom. The lowest BCUT2D eigenvalue weighted by Gasteiger charge is -2.28. The van der Waals surface area contributed by atoms with Crippen LogP contribution in [0.2, 0.25) is 0 Å². The highest BCUT2D eigenvalue weighted by Crippen LogP contribution is 2.45. The van der Waals surface area contributed by atoms with Gasteiger partial charge in [-0.05, 0) is 97.7 Å². The molecule has 0 saturated carbocycles. The molecule has 0 radical (unpaired) electrons. The average Bonchev–Trinajstić information content (AvgIpc) is 3.72. The van der Waals surface area contributed by atoms with Gasteiger partial charge in [-0.15, -0.1) is 0 Å². The van der Waals surface area contributed by atoms with E-state index in [1.165, 1.54) is 33.0 Å². The summed E-state index contributed by atoms with van der Waals surface area (Å²) >= 11 is 0. The van der Waals surface area contributed by atoms with Crippen LogP contribution < -0.4 is 4.90 Å². The van der Waals surface area contributed by atoms with Crippen molar-refractivity contribution in [3.63, 3.8) is 0 Å². The third-order valence-corrected chi connectivity index (χ3v) is 11.1. The lowest BCUT2D eigenvalue weighted by Crippen LogP contribution is -2.10. The first-order valence-corrected chi connectivity index (χ1v) is 19.0. The molecule has 0 spiro atoms. The van der Waals surface area contributed by atoms with Crippen molar-refractivity contribution in [3.8, 4) is 33.7 Å². The molecular formula is C53H34N2O. The molecule has 0 N–H and O–H groups in total. The van der Waals surface area contributed by atoms with Gasteiger partial charge in [-0.3, -0.25) is 0 Å². The second-order valence-corrected chi connectivity index (χ2v) is 14.3. The number of oxazole rings is 1. The van der Waals surface area contributed by atoms with Gasteiger partial charge in [-0.25, -0.2) is 4.98 Å². The third-order valence-electron chi connectivity index (χ3n) is 11.1. The van der Waals surface area contributed by atoms with Crippen molar-refractivity contribution in [2.24, 2.45) is 0 Å². The van der Waals surface area contributed by atoms with Crippen LogP contribution in [0, 0.1) is 0 Å². The Balaban J connectivity index is 1.14. The van der Waals surface area contributed by atoms with Crippen LogP contribution in [0.4, 0.5) is 17.1 Å². The van der Waals surface area contributed by atoms with Crippen LogP contribution in [0.25, 0.3) is 87.9 Å². The molecule has 10 aromatic carbocycles. The zero-order chi connectivity index (χ0) is 37.0. The highest BCUT2D eigenvalue weighted by atomic mass is 16.3. The molecule has 0 fully saturated rings. The van der Waals surface area contributed by atoms with E-state index in [-0.39, 0.29) is 0 Å². The van der Waals surface area contributed by atoms with Crippen molar-refractivity contribution in [1.82, 2.24) is 4.98 Å². The molecule has 3 nitrogen and oxygen atoms in total. The first-order valence-electron chi connectivity index (χ1n) is 19.0. The standard InChI is InChI=1S/C53H34N2O/c1-3-12-35(13-4-1)41-18-9-19-43(34-41)55(42-30-26-37(27-31-42)45-21-10-17-36-14-7-8-20-44(36)45)49-23-11-22-47-46(49)32-28-38-24-25-39-29-33-48-52(51(39)50(38)47)56-53(54-48)40-15-5-2-6-16-40/h1-34H. The molecule has 0 aliphatic rings. The van der Waals surface area contributed by atoms with E-state index >= 15 is 0 Å². The molecule has 3 heteroatoms. The van der Waals surface area contributed by atoms with Crippen LogP contribution in [0.5, 0.6) is 0 Å². The maximum Gasteiger partial charge on any atom is 0.227 e. The van der Waals surface area contributed by atoms with Gasteiger partial charge in [-0.2, -0.15) is 0 Å². The number of hydrogen-bond acceptors (Lipinski definition) is 3. The topological polar surface area (TPSA) is 29.3 Å². The Bertz CT molecular complexity index is 3230. The largest absolute Gasteiger partial charge is 0.435 e. The van der Waals surface area contributed by atoms with Crippen molar-refractivity contribution in [3.05, 3.63) is 206 Å². The van der Waals surface area contributed by atoms with Gasteiger partial charge in [0, 0.05) is 33.1 Å². The Morgan fingerprint density at radius 2 is 1.02 bits per heavy atom. The van der Waals surface area contributed by atoms with Crippen LogP contribution in [0.3, 0.4) is 0 Å². The maximum absolute atomic E-state index is 6.65. The molecule has 11 aromatic rings. The second-order valence-electron chi connectivity index (χ2n) is 14.3. The van der Waals surface area contributed by atoms with E-state index < -0.39 is 0 Å². The second kappa shape index (κ2) is 13.1. The van der Waals surface area contributed by atoms with Gasteiger partial charge >= 0.3 is 0 Å². The van der Waals surface area contributed by atoms with Crippen molar-refractivity contribution in [2.75, 3.05) is 4.90 Å². The van der Waals surface area contributed by atoms with E-state index in [9.17, 15) is 0 Å². The van der Waals surface area contributed by atoms with Gasteiger partial charge in [0.05, 0.1) is 5.69 Å². The summed E-state index contributed by atoms with van der Waals surface area (Å²) in [7, 11) is 0. The normalized spacial score (nSPS) is 11.6. The minimum absolute atomic E-state index is 0.627. The zero-order valence-corrected chi connectivity index (χ0v) is 30.4. The summed E-state index contributed by atoms with van der Waals surface area (Å²) in [6, 6.07) is 73.6. The van der Waals surface area contributed by atoms with Crippen LogP contribution in [-0.4, -0.2) is 4.98 Å². The lowest BCUT2D eigenvalue weighted by atomic mass is 9.94. The summed E-state index contributed by atoms with van der Waals surface area (Å²) in [4.78, 5) is 7.35. The van der Waals surface area contributed by atoms with Crippen LogP contribution in [-0.2, 0) is 0 Å². The molecule has 0 unspecified atom stereocenters. The first-order chi connectivity index (χ1) is 27.8. The van der Waals surface area contributed by atoms with E-state index in [1.807, 2.05) is 30.3 Å². The highest BCUT2D eigenvalue weighted by molar-refractivity contribution is 6.27. The maximum atomic E-state index is 6.65. The average molecular weight is 715 g/mol. The van der Waals surface area contributed by atoms with Gasteiger partial charge in [0.25, 0.3) is 0 Å². The Kier molecular flexibility index (Phi) is 7.49. The van der Waals surface area contributed by atoms with Crippen LogP contribution in [0.1, 0.15) is 0 Å². The van der Waals surface area contributed by atoms with Crippen molar-refractivity contribution < 1.29 is 4.42 Å². The van der Waals surface area contributed by atoms with Gasteiger partial charge < -0.3 is 9.32 Å². The van der Waals surface area contributed by atoms with Gasteiger partial charge in [-0.1, -0.05) is 158 Å². The number of benzene rings is 10. The quantitative estimate of drug-likeness (QED) is 0.161. The molecule has 0 amide bonds. The van der Waals surface area contributed by atoms with Gasteiger partial charge in [0.1, 0.15) is 5.52 Å². The van der Waals surface area contributed by atoms with Crippen molar-refractivity contribution >= 4 is 71.3 Å². The molecule has 56 heavy (non-hydrogen) atoms. The number of fused-ring (bicyclic) bond motifs is 8. The van der Waals surface area contributed by atoms with Crippen molar-refractivity contribution in [2.45, 2.75) is 0 Å². The Morgan fingerprint density at radius 3 is 1.86 bits per heavy atom. The van der Waals surface area contributed by atoms with E-state index in [2.05, 4.69) is 181 Å². The number of nitrogens with zero attached hydrogens (tertiary/aromatic N) is 2. The highest BCUT2D eigenvalue weighted by Gasteiger charge is 2.20. The monoisotopic (exact) mass is 714 g/mol. The predicted octanol–water partition coefficient (Wildman–Crippen LogP) is 14.9. The van der Waals surface area contributed by atoms with Crippen LogP contribution >= 0.6 is 0 Å². The lowest BCUT2D eigenvalue weighted by molar-refractivity contribution is 0.623. The van der Waals surface area contributed by atoms with Gasteiger partial charge in [0.2, 0.25) is 5.89 Å². The van der Waals surface area contributed by atoms with Crippen molar-refractivity contribution in [1.29, 1.82) is 0 Å². The molecule has 1 heterocycles. The molecule has 0 atom stereocenters. The molecular weight excluding hydrogens is 681 g/mol. The molecule has 262 valence electrons. The number of rotatable bonds is 6. The van der Waals surface area contributed by atoms with E-state index in [4.69, 9.17) is 9.40 Å². The summed E-state index contributed by atoms with van der Waals surface area (Å²) in [5, 5.41) is 9.31. The van der Waals surface area contributed by atoms with Gasteiger partial charge in [0.15, 0.2) is 5.58 Å².